The summed E-state index contributed by atoms with van der Waals surface area (Å²) in [4.78, 5) is 28.0. The lowest BCUT2D eigenvalue weighted by Crippen LogP contribution is -2.13. The van der Waals surface area contributed by atoms with Gasteiger partial charge in [-0.2, -0.15) is 0 Å². The second kappa shape index (κ2) is 6.31. The van der Waals surface area contributed by atoms with Crippen molar-refractivity contribution in [3.8, 4) is 0 Å². The molecule has 0 atom stereocenters. The molecular formula is C17H15N3O3. The summed E-state index contributed by atoms with van der Waals surface area (Å²) >= 11 is 0. The van der Waals surface area contributed by atoms with E-state index in [0.29, 0.717) is 23.4 Å². The molecule has 2 heterocycles. The predicted octanol–water partition coefficient (Wildman–Crippen LogP) is 2.76. The second-order valence-corrected chi connectivity index (χ2v) is 4.86. The fraction of sp³-hybridized carbons (Fsp3) is 0.118. The van der Waals surface area contributed by atoms with Crippen molar-refractivity contribution in [2.24, 2.45) is 0 Å². The van der Waals surface area contributed by atoms with Crippen molar-refractivity contribution < 1.29 is 14.3 Å². The zero-order chi connectivity index (χ0) is 16.2. The van der Waals surface area contributed by atoms with E-state index in [-0.39, 0.29) is 11.9 Å². The summed E-state index contributed by atoms with van der Waals surface area (Å²) in [6.45, 7) is 2.08. The average Bonchev–Trinajstić information content (AvgIpc) is 3.03. The fourth-order valence-electron chi connectivity index (χ4n) is 2.16. The molecule has 0 unspecified atom stereocenters. The minimum atomic E-state index is -0.379. The molecule has 0 radical (unpaired) electrons. The van der Waals surface area contributed by atoms with Gasteiger partial charge in [0.2, 0.25) is 0 Å². The molecule has 0 saturated carbocycles. The second-order valence-electron chi connectivity index (χ2n) is 4.86. The summed E-state index contributed by atoms with van der Waals surface area (Å²) in [5.74, 6) is -0.611. The molecule has 6 heteroatoms. The smallest absolute Gasteiger partial charge is 0.338 e. The van der Waals surface area contributed by atoms with Gasteiger partial charge in [0.15, 0.2) is 0 Å². The molecule has 0 aliphatic heterocycles. The monoisotopic (exact) mass is 309 g/mol. The number of aromatic nitrogens is 2. The van der Waals surface area contributed by atoms with Gasteiger partial charge < -0.3 is 14.5 Å². The molecule has 23 heavy (non-hydrogen) atoms. The number of imidazole rings is 1. The highest BCUT2D eigenvalue weighted by molar-refractivity contribution is 6.04. The van der Waals surface area contributed by atoms with Crippen molar-refractivity contribution in [2.75, 3.05) is 11.9 Å². The van der Waals surface area contributed by atoms with Crippen LogP contribution in [-0.2, 0) is 4.74 Å². The maximum Gasteiger partial charge on any atom is 0.338 e. The molecule has 1 amide bonds. The molecule has 6 nitrogen and oxygen atoms in total. The van der Waals surface area contributed by atoms with E-state index in [1.807, 2.05) is 0 Å². The normalized spacial score (nSPS) is 10.5. The molecule has 3 rings (SSSR count). The molecule has 0 aliphatic rings. The molecule has 0 spiro atoms. The van der Waals surface area contributed by atoms with Gasteiger partial charge in [-0.15, -0.1) is 0 Å². The van der Waals surface area contributed by atoms with Crippen molar-refractivity contribution in [3.63, 3.8) is 0 Å². The SMILES string of the molecule is CCOC(=O)c1ccc(NC(=O)c2ccc3nccn3c2)cc1. The zero-order valence-electron chi connectivity index (χ0n) is 12.5. The van der Waals surface area contributed by atoms with Crippen LogP contribution in [0.1, 0.15) is 27.6 Å². The summed E-state index contributed by atoms with van der Waals surface area (Å²) in [6, 6.07) is 10.1. The van der Waals surface area contributed by atoms with Crippen molar-refractivity contribution in [1.29, 1.82) is 0 Å². The number of nitrogens with zero attached hydrogens (tertiary/aromatic N) is 2. The molecule has 116 valence electrons. The van der Waals surface area contributed by atoms with Gasteiger partial charge >= 0.3 is 5.97 Å². The van der Waals surface area contributed by atoms with Crippen LogP contribution in [0.15, 0.2) is 55.0 Å². The maximum absolute atomic E-state index is 12.3. The number of nitrogens with one attached hydrogen (secondary N) is 1. The molecule has 1 aromatic carbocycles. The van der Waals surface area contributed by atoms with Crippen LogP contribution < -0.4 is 5.32 Å². The van der Waals surface area contributed by atoms with Crippen LogP contribution in [0.3, 0.4) is 0 Å². The van der Waals surface area contributed by atoms with Gasteiger partial charge in [0, 0.05) is 24.3 Å². The molecule has 0 aliphatic carbocycles. The Morgan fingerprint density at radius 1 is 1.13 bits per heavy atom. The van der Waals surface area contributed by atoms with Crippen LogP contribution in [0.5, 0.6) is 0 Å². The summed E-state index contributed by atoms with van der Waals surface area (Å²) in [7, 11) is 0. The molecule has 2 aromatic heterocycles. The third kappa shape index (κ3) is 3.21. The molecule has 0 saturated heterocycles. The first-order chi connectivity index (χ1) is 11.2. The lowest BCUT2D eigenvalue weighted by atomic mass is 10.2. The van der Waals surface area contributed by atoms with Gasteiger partial charge in [-0.3, -0.25) is 4.79 Å². The Morgan fingerprint density at radius 3 is 2.61 bits per heavy atom. The van der Waals surface area contributed by atoms with E-state index < -0.39 is 0 Å². The van der Waals surface area contributed by atoms with E-state index in [4.69, 9.17) is 4.74 Å². The molecule has 3 aromatic rings. The van der Waals surface area contributed by atoms with Crippen LogP contribution in [0.2, 0.25) is 0 Å². The van der Waals surface area contributed by atoms with E-state index in [0.717, 1.165) is 5.65 Å². The first-order valence-electron chi connectivity index (χ1n) is 7.18. The summed E-state index contributed by atoms with van der Waals surface area (Å²) < 4.78 is 6.69. The van der Waals surface area contributed by atoms with Crippen LogP contribution in [0.25, 0.3) is 5.65 Å². The standard InChI is InChI=1S/C17H15N3O3/c1-2-23-17(22)12-3-6-14(7-4-12)19-16(21)13-5-8-15-18-9-10-20(15)11-13/h3-11H,2H2,1H3,(H,19,21). The van der Waals surface area contributed by atoms with Gasteiger partial charge in [-0.05, 0) is 43.3 Å². The summed E-state index contributed by atoms with van der Waals surface area (Å²) in [5, 5.41) is 2.79. The molecule has 0 fully saturated rings. The number of carbonyl (C=O) groups is 2. The third-order valence-corrected chi connectivity index (χ3v) is 3.30. The van der Waals surface area contributed by atoms with E-state index in [9.17, 15) is 9.59 Å². The number of ether oxygens (including phenoxy) is 1. The van der Waals surface area contributed by atoms with Gasteiger partial charge in [0.1, 0.15) is 5.65 Å². The van der Waals surface area contributed by atoms with Crippen molar-refractivity contribution in [3.05, 3.63) is 66.1 Å². The van der Waals surface area contributed by atoms with E-state index in [1.165, 1.54) is 0 Å². The van der Waals surface area contributed by atoms with Gasteiger partial charge in [0.05, 0.1) is 17.7 Å². The highest BCUT2D eigenvalue weighted by atomic mass is 16.5. The number of carbonyl (C=O) groups excluding carboxylic acids is 2. The number of fused-ring (bicyclic) bond motifs is 1. The predicted molar refractivity (Wildman–Crippen MR) is 85.5 cm³/mol. The topological polar surface area (TPSA) is 72.7 Å². The van der Waals surface area contributed by atoms with E-state index in [1.54, 1.807) is 66.3 Å². The quantitative estimate of drug-likeness (QED) is 0.752. The summed E-state index contributed by atoms with van der Waals surface area (Å²) in [6.07, 6.45) is 5.16. The van der Waals surface area contributed by atoms with Gasteiger partial charge in [-0.1, -0.05) is 0 Å². The summed E-state index contributed by atoms with van der Waals surface area (Å²) in [5.41, 5.74) is 2.35. The fourth-order valence-corrected chi connectivity index (χ4v) is 2.16. The number of amides is 1. The number of benzene rings is 1. The molecule has 1 N–H and O–H groups in total. The number of rotatable bonds is 4. The number of hydrogen-bond donors (Lipinski definition) is 1. The first kappa shape index (κ1) is 14.8. The Balaban J connectivity index is 1.73. The van der Waals surface area contributed by atoms with Crippen LogP contribution in [0, 0.1) is 0 Å². The van der Waals surface area contributed by atoms with Crippen molar-refractivity contribution in [2.45, 2.75) is 6.92 Å². The van der Waals surface area contributed by atoms with Crippen molar-refractivity contribution >= 4 is 23.2 Å². The Kier molecular flexibility index (Phi) is 4.05. The van der Waals surface area contributed by atoms with Gasteiger partial charge in [-0.25, -0.2) is 9.78 Å². The minimum absolute atomic E-state index is 0.232. The number of hydrogen-bond acceptors (Lipinski definition) is 4. The van der Waals surface area contributed by atoms with Crippen LogP contribution >= 0.6 is 0 Å². The lowest BCUT2D eigenvalue weighted by Gasteiger charge is -2.07. The minimum Gasteiger partial charge on any atom is -0.462 e. The molecular weight excluding hydrogens is 294 g/mol. The largest absolute Gasteiger partial charge is 0.462 e. The number of esters is 1. The average molecular weight is 309 g/mol. The van der Waals surface area contributed by atoms with E-state index in [2.05, 4.69) is 10.3 Å². The molecule has 0 bridgehead atoms. The lowest BCUT2D eigenvalue weighted by molar-refractivity contribution is 0.0526. The Bertz CT molecular complexity index is 853. The maximum atomic E-state index is 12.3. The highest BCUT2D eigenvalue weighted by Gasteiger charge is 2.09. The van der Waals surface area contributed by atoms with E-state index >= 15 is 0 Å². The first-order valence-corrected chi connectivity index (χ1v) is 7.18. The zero-order valence-corrected chi connectivity index (χ0v) is 12.5. The Hall–Kier alpha value is -3.15. The van der Waals surface area contributed by atoms with Crippen LogP contribution in [-0.4, -0.2) is 27.9 Å². The van der Waals surface area contributed by atoms with Gasteiger partial charge in [0.25, 0.3) is 5.91 Å². The Morgan fingerprint density at radius 2 is 1.87 bits per heavy atom. The highest BCUT2D eigenvalue weighted by Crippen LogP contribution is 2.13. The van der Waals surface area contributed by atoms with Crippen LogP contribution in [0.4, 0.5) is 5.69 Å². The number of anilines is 1. The van der Waals surface area contributed by atoms with Crippen molar-refractivity contribution in [1.82, 2.24) is 9.38 Å². The Labute approximate surface area is 132 Å². The third-order valence-electron chi connectivity index (χ3n) is 3.30. The number of pyridine rings is 1.